The van der Waals surface area contributed by atoms with E-state index >= 15 is 0 Å². The van der Waals surface area contributed by atoms with Gasteiger partial charge in [0, 0.05) is 19.2 Å². The first kappa shape index (κ1) is 20.9. The molecule has 0 saturated carbocycles. The first-order valence-corrected chi connectivity index (χ1v) is 11.1. The second-order valence-electron chi connectivity index (χ2n) is 6.69. The molecule has 0 bridgehead atoms. The summed E-state index contributed by atoms with van der Waals surface area (Å²) in [5.74, 6) is 0.753. The van der Waals surface area contributed by atoms with E-state index < -0.39 is 21.9 Å². The van der Waals surface area contributed by atoms with Gasteiger partial charge in [-0.1, -0.05) is 41.9 Å². The number of hydrogen-bond acceptors (Lipinski definition) is 4. The fourth-order valence-corrected chi connectivity index (χ4v) is 4.94. The summed E-state index contributed by atoms with van der Waals surface area (Å²) >= 11 is 6.20. The Labute approximate surface area is 170 Å². The van der Waals surface area contributed by atoms with Crippen molar-refractivity contribution in [1.29, 1.82) is 0 Å². The zero-order chi connectivity index (χ0) is 20.1. The van der Waals surface area contributed by atoms with Crippen molar-refractivity contribution in [3.8, 4) is 11.5 Å². The Kier molecular flexibility index (Phi) is 6.82. The van der Waals surface area contributed by atoms with Gasteiger partial charge >= 0.3 is 0 Å². The highest BCUT2D eigenvalue weighted by Gasteiger charge is 2.31. The van der Waals surface area contributed by atoms with E-state index in [0.717, 1.165) is 0 Å². The minimum absolute atomic E-state index is 0.130. The molecule has 1 aliphatic heterocycles. The molecule has 1 atom stereocenters. The Morgan fingerprint density at radius 1 is 1.14 bits per heavy atom. The van der Waals surface area contributed by atoms with Crippen LogP contribution in [0.2, 0.25) is 5.02 Å². The second kappa shape index (κ2) is 9.13. The maximum atomic E-state index is 12.6. The normalized spacial score (nSPS) is 17.2. The molecule has 0 N–H and O–H groups in total. The highest BCUT2D eigenvalue weighted by Crippen LogP contribution is 2.31. The predicted molar refractivity (Wildman–Crippen MR) is 107 cm³/mol. The van der Waals surface area contributed by atoms with E-state index in [0.29, 0.717) is 48.0 Å². The third-order valence-electron chi connectivity index (χ3n) is 4.76. The van der Waals surface area contributed by atoms with Gasteiger partial charge in [-0.05, 0) is 30.5 Å². The molecular weight excluding hydrogens is 402 g/mol. The Bertz CT molecular complexity index is 883. The molecule has 1 saturated heterocycles. The average Bonchev–Trinajstić information content (AvgIpc) is 2.70. The fourth-order valence-electron chi connectivity index (χ4n) is 3.17. The highest BCUT2D eigenvalue weighted by molar-refractivity contribution is 7.89. The third-order valence-corrected chi connectivity index (χ3v) is 6.93. The number of hydrogen-bond donors (Lipinski definition) is 0. The first-order chi connectivity index (χ1) is 13.4. The largest absolute Gasteiger partial charge is 0.497 e. The van der Waals surface area contributed by atoms with Crippen LogP contribution in [0.5, 0.6) is 11.5 Å². The zero-order valence-corrected chi connectivity index (χ0v) is 17.2. The zero-order valence-electron chi connectivity index (χ0n) is 15.6. The summed E-state index contributed by atoms with van der Waals surface area (Å²) in [5.41, 5.74) is 0.485. The lowest BCUT2D eigenvalue weighted by molar-refractivity contribution is 0.105. The van der Waals surface area contributed by atoms with Crippen LogP contribution in [0, 0.1) is 0 Å². The summed E-state index contributed by atoms with van der Waals surface area (Å²) in [5, 5.41) is 12.8. The molecule has 0 unspecified atom stereocenters. The van der Waals surface area contributed by atoms with Crippen molar-refractivity contribution >= 4 is 21.6 Å². The van der Waals surface area contributed by atoms with Crippen molar-refractivity contribution in [3.05, 3.63) is 59.1 Å². The molecule has 1 fully saturated rings. The molecule has 1 heterocycles. The summed E-state index contributed by atoms with van der Waals surface area (Å²) in [4.78, 5) is 0. The lowest BCUT2D eigenvalue weighted by Crippen LogP contribution is -2.43. The van der Waals surface area contributed by atoms with Gasteiger partial charge in [0.05, 0.1) is 17.9 Å². The van der Waals surface area contributed by atoms with Crippen LogP contribution in [0.15, 0.2) is 48.5 Å². The van der Waals surface area contributed by atoms with Gasteiger partial charge in [0.25, 0.3) is 0 Å². The van der Waals surface area contributed by atoms with Crippen molar-refractivity contribution in [3.63, 3.8) is 0 Å². The van der Waals surface area contributed by atoms with E-state index in [1.54, 1.807) is 55.6 Å². The predicted octanol–water partition coefficient (Wildman–Crippen LogP) is 3.69. The lowest BCUT2D eigenvalue weighted by atomic mass is 10.1. The minimum atomic E-state index is -3.62. The fraction of sp³-hybridized carbons (Fsp3) is 0.400. The lowest BCUT2D eigenvalue weighted by Gasteiger charge is -2.32. The van der Waals surface area contributed by atoms with Gasteiger partial charge in [0.15, 0.2) is 0 Å². The SMILES string of the molecule is COc1ccc(OC2CCN(S(=O)(=O)C[C@H]([O])c3ccccc3)CC2)c(Cl)c1. The van der Waals surface area contributed by atoms with Crippen LogP contribution in [0.4, 0.5) is 0 Å². The molecule has 0 aliphatic carbocycles. The minimum Gasteiger partial charge on any atom is -0.497 e. The van der Waals surface area contributed by atoms with Gasteiger partial charge in [0.1, 0.15) is 23.7 Å². The summed E-state index contributed by atoms with van der Waals surface area (Å²) in [6, 6.07) is 13.8. The van der Waals surface area contributed by atoms with Crippen LogP contribution in [0.25, 0.3) is 0 Å². The number of sulfonamides is 1. The maximum absolute atomic E-state index is 12.6. The van der Waals surface area contributed by atoms with E-state index in [2.05, 4.69) is 0 Å². The topological polar surface area (TPSA) is 75.7 Å². The van der Waals surface area contributed by atoms with Gasteiger partial charge in [-0.3, -0.25) is 0 Å². The van der Waals surface area contributed by atoms with Gasteiger partial charge < -0.3 is 9.47 Å². The molecular formula is C20H23ClNO5S. The number of ether oxygens (including phenoxy) is 2. The van der Waals surface area contributed by atoms with Crippen molar-refractivity contribution in [2.75, 3.05) is 26.0 Å². The van der Waals surface area contributed by atoms with Crippen molar-refractivity contribution in [2.45, 2.75) is 25.0 Å². The smallest absolute Gasteiger partial charge is 0.217 e. The Balaban J connectivity index is 1.55. The summed E-state index contributed by atoms with van der Waals surface area (Å²) in [7, 11) is -2.06. The molecule has 3 rings (SSSR count). The highest BCUT2D eigenvalue weighted by atomic mass is 35.5. The Morgan fingerprint density at radius 2 is 1.82 bits per heavy atom. The molecule has 8 heteroatoms. The molecule has 6 nitrogen and oxygen atoms in total. The van der Waals surface area contributed by atoms with E-state index in [1.807, 2.05) is 0 Å². The van der Waals surface area contributed by atoms with E-state index in [4.69, 9.17) is 21.1 Å². The summed E-state index contributed by atoms with van der Waals surface area (Å²) in [6.07, 6.45) is -0.347. The van der Waals surface area contributed by atoms with E-state index in [-0.39, 0.29) is 6.10 Å². The van der Waals surface area contributed by atoms with Crippen LogP contribution in [-0.2, 0) is 15.1 Å². The van der Waals surface area contributed by atoms with E-state index in [9.17, 15) is 13.5 Å². The average molecular weight is 425 g/mol. The monoisotopic (exact) mass is 424 g/mol. The molecule has 0 aromatic heterocycles. The Hall–Kier alpha value is -1.80. The van der Waals surface area contributed by atoms with Crippen molar-refractivity contribution in [2.24, 2.45) is 0 Å². The van der Waals surface area contributed by atoms with E-state index in [1.165, 1.54) is 4.31 Å². The molecule has 2 aromatic carbocycles. The maximum Gasteiger partial charge on any atom is 0.217 e. The number of benzene rings is 2. The molecule has 0 amide bonds. The van der Waals surface area contributed by atoms with Gasteiger partial charge in [-0.2, -0.15) is 0 Å². The number of methoxy groups -OCH3 is 1. The van der Waals surface area contributed by atoms with Gasteiger partial charge in [-0.25, -0.2) is 17.8 Å². The quantitative estimate of drug-likeness (QED) is 0.679. The molecule has 1 aliphatic rings. The number of halogens is 1. The van der Waals surface area contributed by atoms with Crippen LogP contribution in [-0.4, -0.2) is 44.8 Å². The standard InChI is InChI=1S/C20H23ClNO5S/c1-26-17-7-8-20(18(21)13-17)27-16-9-11-22(12-10-16)28(24,25)14-19(23)15-5-3-2-4-6-15/h2-8,13,16,19H,9-12,14H2,1H3/t19-/m0/s1. The van der Waals surface area contributed by atoms with Crippen LogP contribution in [0.3, 0.4) is 0 Å². The van der Waals surface area contributed by atoms with Crippen molar-refractivity contribution < 1.29 is 23.0 Å². The number of nitrogens with zero attached hydrogens (tertiary/aromatic N) is 1. The number of rotatable bonds is 7. The summed E-state index contributed by atoms with van der Waals surface area (Å²) < 4.78 is 37.6. The number of piperidine rings is 1. The Morgan fingerprint density at radius 3 is 2.43 bits per heavy atom. The van der Waals surface area contributed by atoms with Crippen LogP contribution in [0.1, 0.15) is 24.5 Å². The van der Waals surface area contributed by atoms with Gasteiger partial charge in [-0.15, -0.1) is 0 Å². The molecule has 2 aromatic rings. The first-order valence-electron chi connectivity index (χ1n) is 9.08. The molecule has 1 radical (unpaired) electrons. The van der Waals surface area contributed by atoms with Crippen LogP contribution < -0.4 is 9.47 Å². The molecule has 28 heavy (non-hydrogen) atoms. The van der Waals surface area contributed by atoms with Crippen LogP contribution >= 0.6 is 11.6 Å². The molecule has 0 spiro atoms. The molecule has 151 valence electrons. The van der Waals surface area contributed by atoms with Gasteiger partial charge in [0.2, 0.25) is 10.0 Å². The van der Waals surface area contributed by atoms with Crippen molar-refractivity contribution in [1.82, 2.24) is 4.31 Å². The third kappa shape index (κ3) is 5.17. The second-order valence-corrected chi connectivity index (χ2v) is 9.11. The summed E-state index contributed by atoms with van der Waals surface area (Å²) in [6.45, 7) is 0.643.